The SMILES string of the molecule is CCc1ccc(C(=O)NNC(=O)C(=Cc2ccco2)NC(=O)c2ccccc2)cc1. The maximum Gasteiger partial charge on any atom is 0.286 e. The summed E-state index contributed by atoms with van der Waals surface area (Å²) >= 11 is 0. The maximum absolute atomic E-state index is 12.6. The molecule has 0 aliphatic rings. The minimum Gasteiger partial charge on any atom is -0.465 e. The van der Waals surface area contributed by atoms with Gasteiger partial charge in [-0.15, -0.1) is 0 Å². The van der Waals surface area contributed by atoms with Crippen LogP contribution in [0.5, 0.6) is 0 Å². The predicted molar refractivity (Wildman–Crippen MR) is 112 cm³/mol. The van der Waals surface area contributed by atoms with E-state index in [4.69, 9.17) is 4.42 Å². The molecule has 0 saturated carbocycles. The van der Waals surface area contributed by atoms with Crippen LogP contribution in [0.2, 0.25) is 0 Å². The number of carbonyl (C=O) groups excluding carboxylic acids is 3. The molecular formula is C23H21N3O4. The normalized spacial score (nSPS) is 10.9. The zero-order valence-electron chi connectivity index (χ0n) is 16.3. The first kappa shape index (κ1) is 20.6. The summed E-state index contributed by atoms with van der Waals surface area (Å²) in [6.45, 7) is 2.02. The van der Waals surface area contributed by atoms with Crippen LogP contribution in [0.1, 0.15) is 39.0 Å². The monoisotopic (exact) mass is 403 g/mol. The first-order valence-electron chi connectivity index (χ1n) is 9.38. The standard InChI is InChI=1S/C23H21N3O4/c1-2-16-10-12-18(13-11-16)22(28)25-26-23(29)20(15-19-9-6-14-30-19)24-21(27)17-7-4-3-5-8-17/h3-15H,2H2,1H3,(H,24,27)(H,25,28)(H,26,29). The number of aryl methyl sites for hydroxylation is 1. The molecule has 2 aromatic carbocycles. The zero-order valence-corrected chi connectivity index (χ0v) is 16.3. The van der Waals surface area contributed by atoms with Crippen LogP contribution in [0.3, 0.4) is 0 Å². The van der Waals surface area contributed by atoms with Crippen molar-refractivity contribution in [1.29, 1.82) is 0 Å². The second-order valence-corrected chi connectivity index (χ2v) is 6.35. The third-order valence-corrected chi connectivity index (χ3v) is 4.27. The van der Waals surface area contributed by atoms with Gasteiger partial charge in [0, 0.05) is 17.2 Å². The third kappa shape index (κ3) is 5.45. The van der Waals surface area contributed by atoms with Crippen LogP contribution in [0, 0.1) is 0 Å². The van der Waals surface area contributed by atoms with Crippen molar-refractivity contribution in [2.24, 2.45) is 0 Å². The van der Waals surface area contributed by atoms with Crippen molar-refractivity contribution in [3.05, 3.63) is 101 Å². The minimum absolute atomic E-state index is 0.0829. The van der Waals surface area contributed by atoms with Gasteiger partial charge in [-0.3, -0.25) is 25.2 Å². The quantitative estimate of drug-likeness (QED) is 0.435. The highest BCUT2D eigenvalue weighted by Gasteiger charge is 2.16. The highest BCUT2D eigenvalue weighted by atomic mass is 16.3. The Morgan fingerprint density at radius 1 is 0.833 bits per heavy atom. The number of furan rings is 1. The van der Waals surface area contributed by atoms with E-state index in [0.29, 0.717) is 16.9 Å². The van der Waals surface area contributed by atoms with E-state index in [1.807, 2.05) is 19.1 Å². The van der Waals surface area contributed by atoms with Gasteiger partial charge >= 0.3 is 0 Å². The fraction of sp³-hybridized carbons (Fsp3) is 0.0870. The molecule has 7 nitrogen and oxygen atoms in total. The Morgan fingerprint density at radius 3 is 2.17 bits per heavy atom. The predicted octanol–water partition coefficient (Wildman–Crippen LogP) is 3.07. The summed E-state index contributed by atoms with van der Waals surface area (Å²) in [6, 6.07) is 18.8. The van der Waals surface area contributed by atoms with Gasteiger partial charge in [0.2, 0.25) is 0 Å². The molecule has 3 rings (SSSR count). The molecule has 3 aromatic rings. The van der Waals surface area contributed by atoms with Gasteiger partial charge in [0.15, 0.2) is 0 Å². The Morgan fingerprint density at radius 2 is 1.53 bits per heavy atom. The van der Waals surface area contributed by atoms with E-state index in [1.54, 1.807) is 54.6 Å². The first-order chi connectivity index (χ1) is 14.6. The second kappa shape index (κ2) is 9.88. The molecule has 0 atom stereocenters. The molecule has 0 aliphatic heterocycles. The van der Waals surface area contributed by atoms with Crippen molar-refractivity contribution < 1.29 is 18.8 Å². The molecule has 0 aliphatic carbocycles. The average Bonchev–Trinajstić information content (AvgIpc) is 3.30. The number of amides is 3. The van der Waals surface area contributed by atoms with Gasteiger partial charge in [0.05, 0.1) is 6.26 Å². The van der Waals surface area contributed by atoms with Gasteiger partial charge in [-0.2, -0.15) is 0 Å². The molecule has 0 radical (unpaired) electrons. The average molecular weight is 403 g/mol. The maximum atomic E-state index is 12.6. The van der Waals surface area contributed by atoms with E-state index in [0.717, 1.165) is 12.0 Å². The lowest BCUT2D eigenvalue weighted by Crippen LogP contribution is -2.45. The summed E-state index contributed by atoms with van der Waals surface area (Å²) in [5, 5.41) is 2.55. The molecular weight excluding hydrogens is 382 g/mol. The number of carbonyl (C=O) groups is 3. The summed E-state index contributed by atoms with van der Waals surface area (Å²) in [5.41, 5.74) is 6.47. The molecule has 7 heteroatoms. The van der Waals surface area contributed by atoms with Gasteiger partial charge in [-0.1, -0.05) is 37.3 Å². The number of hydrogen-bond donors (Lipinski definition) is 3. The van der Waals surface area contributed by atoms with Crippen LogP contribution in [0.4, 0.5) is 0 Å². The fourth-order valence-electron chi connectivity index (χ4n) is 2.60. The largest absolute Gasteiger partial charge is 0.465 e. The summed E-state index contributed by atoms with van der Waals surface area (Å²) in [5.74, 6) is -1.27. The zero-order chi connectivity index (χ0) is 21.3. The number of nitrogens with one attached hydrogen (secondary N) is 3. The fourth-order valence-corrected chi connectivity index (χ4v) is 2.60. The van der Waals surface area contributed by atoms with E-state index < -0.39 is 17.7 Å². The van der Waals surface area contributed by atoms with Crippen molar-refractivity contribution in [3.8, 4) is 0 Å². The van der Waals surface area contributed by atoms with Crippen LogP contribution >= 0.6 is 0 Å². The number of benzene rings is 2. The second-order valence-electron chi connectivity index (χ2n) is 6.35. The minimum atomic E-state index is -0.700. The summed E-state index contributed by atoms with van der Waals surface area (Å²) in [4.78, 5) is 37.4. The summed E-state index contributed by atoms with van der Waals surface area (Å²) in [7, 11) is 0. The Hall–Kier alpha value is -4.13. The molecule has 3 amide bonds. The smallest absolute Gasteiger partial charge is 0.286 e. The number of hydrogen-bond acceptors (Lipinski definition) is 4. The van der Waals surface area contributed by atoms with Crippen molar-refractivity contribution in [1.82, 2.24) is 16.2 Å². The van der Waals surface area contributed by atoms with E-state index in [1.165, 1.54) is 12.3 Å². The number of hydrazine groups is 1. The number of rotatable bonds is 6. The van der Waals surface area contributed by atoms with Crippen LogP contribution in [0.25, 0.3) is 6.08 Å². The summed E-state index contributed by atoms with van der Waals surface area (Å²) < 4.78 is 5.22. The van der Waals surface area contributed by atoms with Crippen LogP contribution in [0.15, 0.2) is 83.1 Å². The van der Waals surface area contributed by atoms with E-state index in [-0.39, 0.29) is 5.70 Å². The molecule has 0 saturated heterocycles. The molecule has 1 aromatic heterocycles. The molecule has 0 fully saturated rings. The van der Waals surface area contributed by atoms with Crippen LogP contribution in [-0.4, -0.2) is 17.7 Å². The van der Waals surface area contributed by atoms with E-state index >= 15 is 0 Å². The molecule has 1 heterocycles. The molecule has 152 valence electrons. The first-order valence-corrected chi connectivity index (χ1v) is 9.38. The third-order valence-electron chi connectivity index (χ3n) is 4.27. The van der Waals surface area contributed by atoms with E-state index in [2.05, 4.69) is 16.2 Å². The lowest BCUT2D eigenvalue weighted by atomic mass is 10.1. The molecule has 0 bridgehead atoms. The van der Waals surface area contributed by atoms with E-state index in [9.17, 15) is 14.4 Å². The Labute approximate surface area is 173 Å². The lowest BCUT2D eigenvalue weighted by molar-refractivity contribution is -0.118. The Bertz CT molecular complexity index is 1040. The molecule has 3 N–H and O–H groups in total. The van der Waals surface area contributed by atoms with Gasteiger partial charge in [0.25, 0.3) is 17.7 Å². The molecule has 30 heavy (non-hydrogen) atoms. The van der Waals surface area contributed by atoms with Crippen molar-refractivity contribution in [2.75, 3.05) is 0 Å². The lowest BCUT2D eigenvalue weighted by Gasteiger charge is -2.12. The van der Waals surface area contributed by atoms with Gasteiger partial charge in [-0.25, -0.2) is 0 Å². The topological polar surface area (TPSA) is 100 Å². The highest BCUT2D eigenvalue weighted by Crippen LogP contribution is 2.08. The highest BCUT2D eigenvalue weighted by molar-refractivity contribution is 6.06. The van der Waals surface area contributed by atoms with Crippen molar-refractivity contribution in [3.63, 3.8) is 0 Å². The van der Waals surface area contributed by atoms with Crippen molar-refractivity contribution in [2.45, 2.75) is 13.3 Å². The van der Waals surface area contributed by atoms with Gasteiger partial charge < -0.3 is 9.73 Å². The Balaban J connectivity index is 1.70. The molecule has 0 spiro atoms. The summed E-state index contributed by atoms with van der Waals surface area (Å²) in [6.07, 6.45) is 3.68. The van der Waals surface area contributed by atoms with Gasteiger partial charge in [-0.05, 0) is 48.4 Å². The van der Waals surface area contributed by atoms with Crippen molar-refractivity contribution >= 4 is 23.8 Å². The van der Waals surface area contributed by atoms with Gasteiger partial charge in [0.1, 0.15) is 11.5 Å². The van der Waals surface area contributed by atoms with Crippen LogP contribution in [-0.2, 0) is 11.2 Å². The molecule has 0 unspecified atom stereocenters. The Kier molecular flexibility index (Phi) is 6.78. The van der Waals surface area contributed by atoms with Crippen LogP contribution < -0.4 is 16.2 Å².